The van der Waals surface area contributed by atoms with Gasteiger partial charge in [0.15, 0.2) is 0 Å². The molecule has 1 fully saturated rings. The predicted octanol–water partition coefficient (Wildman–Crippen LogP) is 3.09. The van der Waals surface area contributed by atoms with Crippen molar-refractivity contribution in [3.05, 3.63) is 35.6 Å². The molecule has 1 aliphatic heterocycles. The van der Waals surface area contributed by atoms with Gasteiger partial charge in [0.1, 0.15) is 17.0 Å². The van der Waals surface area contributed by atoms with E-state index in [4.69, 9.17) is 4.74 Å². The van der Waals surface area contributed by atoms with Crippen molar-refractivity contribution >= 4 is 27.4 Å². The van der Waals surface area contributed by atoms with E-state index >= 15 is 0 Å². The maximum absolute atomic E-state index is 5.78. The molecule has 0 spiro atoms. The summed E-state index contributed by atoms with van der Waals surface area (Å²) in [5, 5.41) is 11.3. The summed E-state index contributed by atoms with van der Waals surface area (Å²) in [6.07, 6.45) is 3.85. The Kier molecular flexibility index (Phi) is 4.25. The van der Waals surface area contributed by atoms with E-state index in [1.807, 2.05) is 19.1 Å². The number of nitrogens with zero attached hydrogens (tertiary/aromatic N) is 5. The molecule has 0 bridgehead atoms. The summed E-state index contributed by atoms with van der Waals surface area (Å²) in [6, 6.07) is 5.92. The lowest BCUT2D eigenvalue weighted by Crippen LogP contribution is -2.36. The largest absolute Gasteiger partial charge is 0.476 e. The summed E-state index contributed by atoms with van der Waals surface area (Å²) < 4.78 is 5.78. The molecule has 0 aliphatic carbocycles. The normalized spacial score (nSPS) is 15.8. The van der Waals surface area contributed by atoms with Gasteiger partial charge in [0, 0.05) is 19.2 Å². The lowest BCUT2D eigenvalue weighted by Gasteiger charge is -2.32. The minimum atomic E-state index is 0.546. The standard InChI is InChI=1S/C17H19N5OS/c1-12-2-3-15(21-20-12)23-10-13-4-7-22(8-5-13)16-14-6-9-24-17(14)19-11-18-16/h2-3,6,9,11,13H,4-5,7-8,10H2,1H3. The van der Waals surface area contributed by atoms with E-state index in [1.54, 1.807) is 17.7 Å². The first-order chi connectivity index (χ1) is 11.8. The Hall–Kier alpha value is -2.28. The van der Waals surface area contributed by atoms with Gasteiger partial charge in [0.25, 0.3) is 0 Å². The van der Waals surface area contributed by atoms with E-state index in [1.165, 1.54) is 0 Å². The molecule has 6 nitrogen and oxygen atoms in total. The van der Waals surface area contributed by atoms with Crippen LogP contribution in [0.2, 0.25) is 0 Å². The summed E-state index contributed by atoms with van der Waals surface area (Å²) in [5.74, 6) is 2.22. The van der Waals surface area contributed by atoms with Gasteiger partial charge in [-0.3, -0.25) is 0 Å². The zero-order chi connectivity index (χ0) is 16.4. The molecular weight excluding hydrogens is 322 g/mol. The summed E-state index contributed by atoms with van der Waals surface area (Å²) in [6.45, 7) is 4.61. The van der Waals surface area contributed by atoms with Crippen LogP contribution in [0.15, 0.2) is 29.9 Å². The SMILES string of the molecule is Cc1ccc(OCC2CCN(c3ncnc4sccc34)CC2)nn1. The van der Waals surface area contributed by atoms with Crippen LogP contribution in [0, 0.1) is 12.8 Å². The molecule has 4 heterocycles. The second kappa shape index (κ2) is 6.68. The van der Waals surface area contributed by atoms with Gasteiger partial charge in [-0.05, 0) is 43.2 Å². The minimum absolute atomic E-state index is 0.546. The zero-order valence-corrected chi connectivity index (χ0v) is 14.4. The molecule has 0 aromatic carbocycles. The van der Waals surface area contributed by atoms with Crippen molar-refractivity contribution in [2.75, 3.05) is 24.6 Å². The van der Waals surface area contributed by atoms with E-state index < -0.39 is 0 Å². The molecule has 1 aliphatic rings. The molecule has 0 atom stereocenters. The number of thiophene rings is 1. The molecule has 7 heteroatoms. The molecule has 3 aromatic rings. The first kappa shape index (κ1) is 15.3. The highest BCUT2D eigenvalue weighted by Crippen LogP contribution is 2.29. The summed E-state index contributed by atoms with van der Waals surface area (Å²) in [4.78, 5) is 12.2. The van der Waals surface area contributed by atoms with Crippen LogP contribution in [0.4, 0.5) is 5.82 Å². The highest BCUT2D eigenvalue weighted by atomic mass is 32.1. The van der Waals surface area contributed by atoms with Crippen molar-refractivity contribution < 1.29 is 4.74 Å². The van der Waals surface area contributed by atoms with Gasteiger partial charge >= 0.3 is 0 Å². The number of ether oxygens (including phenoxy) is 1. The lowest BCUT2D eigenvalue weighted by molar-refractivity contribution is 0.214. The predicted molar refractivity (Wildman–Crippen MR) is 94.6 cm³/mol. The lowest BCUT2D eigenvalue weighted by atomic mass is 9.98. The average molecular weight is 341 g/mol. The Labute approximate surface area is 144 Å². The monoisotopic (exact) mass is 341 g/mol. The van der Waals surface area contributed by atoms with Crippen LogP contribution < -0.4 is 9.64 Å². The highest BCUT2D eigenvalue weighted by Gasteiger charge is 2.22. The van der Waals surface area contributed by atoms with Crippen LogP contribution in [-0.2, 0) is 0 Å². The van der Waals surface area contributed by atoms with E-state index in [0.717, 1.165) is 47.7 Å². The van der Waals surface area contributed by atoms with Crippen LogP contribution in [0.3, 0.4) is 0 Å². The number of aryl methyl sites for hydroxylation is 1. The van der Waals surface area contributed by atoms with Crippen LogP contribution in [0.1, 0.15) is 18.5 Å². The van der Waals surface area contributed by atoms with Crippen LogP contribution in [0.5, 0.6) is 5.88 Å². The van der Waals surface area contributed by atoms with E-state index in [-0.39, 0.29) is 0 Å². The number of fused-ring (bicyclic) bond motifs is 1. The fraction of sp³-hybridized carbons (Fsp3) is 0.412. The number of aromatic nitrogens is 4. The topological polar surface area (TPSA) is 64.0 Å². The van der Waals surface area contributed by atoms with Gasteiger partial charge in [-0.1, -0.05) is 0 Å². The van der Waals surface area contributed by atoms with Crippen LogP contribution >= 0.6 is 11.3 Å². The molecule has 0 radical (unpaired) electrons. The summed E-state index contributed by atoms with van der Waals surface area (Å²) in [5.41, 5.74) is 0.903. The van der Waals surface area contributed by atoms with Gasteiger partial charge in [-0.25, -0.2) is 9.97 Å². The Balaban J connectivity index is 1.35. The van der Waals surface area contributed by atoms with Crippen molar-refractivity contribution in [1.82, 2.24) is 20.2 Å². The Bertz CT molecular complexity index is 811. The van der Waals surface area contributed by atoms with E-state index in [0.29, 0.717) is 18.4 Å². The van der Waals surface area contributed by atoms with Gasteiger partial charge in [0.05, 0.1) is 17.7 Å². The van der Waals surface area contributed by atoms with Crippen molar-refractivity contribution in [3.63, 3.8) is 0 Å². The summed E-state index contributed by atoms with van der Waals surface area (Å²) in [7, 11) is 0. The molecule has 0 amide bonds. The van der Waals surface area contributed by atoms with Gasteiger partial charge in [-0.15, -0.1) is 16.4 Å². The van der Waals surface area contributed by atoms with Crippen molar-refractivity contribution in [1.29, 1.82) is 0 Å². The average Bonchev–Trinajstić information content (AvgIpc) is 3.10. The molecule has 4 rings (SSSR count). The Morgan fingerprint density at radius 1 is 1.17 bits per heavy atom. The quantitative estimate of drug-likeness (QED) is 0.727. The van der Waals surface area contributed by atoms with E-state index in [2.05, 4.69) is 36.5 Å². The van der Waals surface area contributed by atoms with Crippen LogP contribution in [0.25, 0.3) is 10.2 Å². The fourth-order valence-electron chi connectivity index (χ4n) is 3.01. The third kappa shape index (κ3) is 3.17. The molecule has 0 unspecified atom stereocenters. The minimum Gasteiger partial charge on any atom is -0.476 e. The van der Waals surface area contributed by atoms with Gasteiger partial charge < -0.3 is 9.64 Å². The number of piperidine rings is 1. The first-order valence-corrected chi connectivity index (χ1v) is 9.04. The number of hydrogen-bond acceptors (Lipinski definition) is 7. The molecule has 0 N–H and O–H groups in total. The second-order valence-corrected chi connectivity index (χ2v) is 6.99. The molecule has 1 saturated heterocycles. The fourth-order valence-corrected chi connectivity index (χ4v) is 3.73. The molecule has 3 aromatic heterocycles. The van der Waals surface area contributed by atoms with Crippen molar-refractivity contribution in [3.8, 4) is 5.88 Å². The maximum atomic E-state index is 5.78. The van der Waals surface area contributed by atoms with Crippen molar-refractivity contribution in [2.45, 2.75) is 19.8 Å². The number of rotatable bonds is 4. The summed E-state index contributed by atoms with van der Waals surface area (Å²) >= 11 is 1.66. The Morgan fingerprint density at radius 2 is 2.04 bits per heavy atom. The highest BCUT2D eigenvalue weighted by molar-refractivity contribution is 7.16. The molecule has 0 saturated carbocycles. The molecule has 24 heavy (non-hydrogen) atoms. The van der Waals surface area contributed by atoms with Crippen LogP contribution in [-0.4, -0.2) is 39.9 Å². The zero-order valence-electron chi connectivity index (χ0n) is 13.6. The molecule has 124 valence electrons. The Morgan fingerprint density at radius 3 is 2.83 bits per heavy atom. The maximum Gasteiger partial charge on any atom is 0.233 e. The van der Waals surface area contributed by atoms with Crippen molar-refractivity contribution in [2.24, 2.45) is 5.92 Å². The van der Waals surface area contributed by atoms with Gasteiger partial charge in [-0.2, -0.15) is 5.10 Å². The third-order valence-electron chi connectivity index (χ3n) is 4.40. The van der Waals surface area contributed by atoms with Gasteiger partial charge in [0.2, 0.25) is 5.88 Å². The smallest absolute Gasteiger partial charge is 0.233 e. The third-order valence-corrected chi connectivity index (χ3v) is 5.22. The molecular formula is C17H19N5OS. The van der Waals surface area contributed by atoms with E-state index in [9.17, 15) is 0 Å². The number of anilines is 1. The first-order valence-electron chi connectivity index (χ1n) is 8.16. The number of hydrogen-bond donors (Lipinski definition) is 0. The second-order valence-electron chi connectivity index (χ2n) is 6.09.